The summed E-state index contributed by atoms with van der Waals surface area (Å²) in [5, 5.41) is 3.70. The molecule has 21 heavy (non-hydrogen) atoms. The highest BCUT2D eigenvalue weighted by Gasteiger charge is 2.23. The van der Waals surface area contributed by atoms with Crippen molar-refractivity contribution in [2.45, 2.75) is 51.5 Å². The Morgan fingerprint density at radius 2 is 2.14 bits per heavy atom. The van der Waals surface area contributed by atoms with Crippen molar-refractivity contribution in [3.05, 3.63) is 30.1 Å². The number of nitrogens with one attached hydrogen (secondary N) is 1. The van der Waals surface area contributed by atoms with Gasteiger partial charge in [0.1, 0.15) is 5.82 Å². The predicted octanol–water partition coefficient (Wildman–Crippen LogP) is 3.67. The van der Waals surface area contributed by atoms with Crippen LogP contribution in [0.2, 0.25) is 0 Å². The summed E-state index contributed by atoms with van der Waals surface area (Å²) in [6.07, 6.45) is 7.72. The molecule has 1 saturated carbocycles. The molecule has 3 rings (SSSR count). The molecule has 0 bridgehead atoms. The van der Waals surface area contributed by atoms with Gasteiger partial charge in [-0.3, -0.25) is 0 Å². The van der Waals surface area contributed by atoms with Crippen molar-refractivity contribution < 1.29 is 0 Å². The van der Waals surface area contributed by atoms with Gasteiger partial charge < -0.3 is 9.88 Å². The number of aryl methyl sites for hydroxylation is 1. The van der Waals surface area contributed by atoms with Crippen LogP contribution in [0.3, 0.4) is 0 Å². The van der Waals surface area contributed by atoms with Gasteiger partial charge in [0.25, 0.3) is 0 Å². The van der Waals surface area contributed by atoms with E-state index in [1.54, 1.807) is 0 Å². The Morgan fingerprint density at radius 1 is 1.29 bits per heavy atom. The number of imidazole rings is 1. The summed E-state index contributed by atoms with van der Waals surface area (Å²) in [5.74, 6) is 2.03. The van der Waals surface area contributed by atoms with Crippen molar-refractivity contribution in [3.63, 3.8) is 0 Å². The SMILES string of the molecule is CCCNC1CCCC(Cc2nc3ccccc3n2C)C1. The molecule has 0 radical (unpaired) electrons. The molecule has 1 fully saturated rings. The van der Waals surface area contributed by atoms with Gasteiger partial charge in [-0.25, -0.2) is 4.98 Å². The maximum Gasteiger partial charge on any atom is 0.109 e. The third kappa shape index (κ3) is 3.29. The smallest absolute Gasteiger partial charge is 0.109 e. The molecular weight excluding hydrogens is 258 g/mol. The fourth-order valence-corrected chi connectivity index (χ4v) is 3.65. The summed E-state index contributed by atoms with van der Waals surface area (Å²) < 4.78 is 2.28. The zero-order chi connectivity index (χ0) is 14.7. The molecule has 1 aromatic heterocycles. The highest BCUT2D eigenvalue weighted by molar-refractivity contribution is 5.75. The molecule has 1 aliphatic carbocycles. The zero-order valence-corrected chi connectivity index (χ0v) is 13.3. The first-order chi connectivity index (χ1) is 10.3. The van der Waals surface area contributed by atoms with Gasteiger partial charge in [0.15, 0.2) is 0 Å². The number of fused-ring (bicyclic) bond motifs is 1. The molecule has 1 heterocycles. The minimum absolute atomic E-state index is 0.721. The normalized spacial score (nSPS) is 22.8. The van der Waals surface area contributed by atoms with Crippen molar-refractivity contribution >= 4 is 11.0 Å². The highest BCUT2D eigenvalue weighted by Crippen LogP contribution is 2.28. The van der Waals surface area contributed by atoms with Gasteiger partial charge >= 0.3 is 0 Å². The minimum Gasteiger partial charge on any atom is -0.331 e. The van der Waals surface area contributed by atoms with E-state index in [4.69, 9.17) is 4.98 Å². The molecule has 0 aliphatic heterocycles. The predicted molar refractivity (Wildman–Crippen MR) is 88.5 cm³/mol. The largest absolute Gasteiger partial charge is 0.331 e. The Morgan fingerprint density at radius 3 is 2.95 bits per heavy atom. The van der Waals surface area contributed by atoms with Crippen LogP contribution in [-0.4, -0.2) is 22.1 Å². The van der Waals surface area contributed by atoms with Gasteiger partial charge in [0.2, 0.25) is 0 Å². The number of aromatic nitrogens is 2. The number of para-hydroxylation sites is 2. The Kier molecular flexibility index (Phi) is 4.59. The third-order valence-electron chi connectivity index (χ3n) is 4.82. The molecule has 3 heteroatoms. The maximum atomic E-state index is 4.84. The number of benzene rings is 1. The van der Waals surface area contributed by atoms with Crippen LogP contribution >= 0.6 is 0 Å². The van der Waals surface area contributed by atoms with Crippen molar-refractivity contribution in [1.29, 1.82) is 0 Å². The van der Waals surface area contributed by atoms with Crippen molar-refractivity contribution in [2.75, 3.05) is 6.54 Å². The van der Waals surface area contributed by atoms with Crippen molar-refractivity contribution in [1.82, 2.24) is 14.9 Å². The second-order valence-corrected chi connectivity index (χ2v) is 6.46. The van der Waals surface area contributed by atoms with E-state index >= 15 is 0 Å². The standard InChI is InChI=1S/C18H27N3/c1-3-11-19-15-8-6-7-14(12-15)13-18-20-16-9-4-5-10-17(16)21(18)2/h4-5,9-10,14-15,19H,3,6-8,11-13H2,1-2H3. The zero-order valence-electron chi connectivity index (χ0n) is 13.3. The average molecular weight is 285 g/mol. The molecule has 0 amide bonds. The summed E-state index contributed by atoms with van der Waals surface area (Å²) >= 11 is 0. The Labute approximate surface area is 127 Å². The van der Waals surface area contributed by atoms with Crippen LogP contribution in [0.5, 0.6) is 0 Å². The first kappa shape index (κ1) is 14.6. The second kappa shape index (κ2) is 6.61. The molecule has 1 aromatic carbocycles. The lowest BCUT2D eigenvalue weighted by Gasteiger charge is -2.29. The lowest BCUT2D eigenvalue weighted by molar-refractivity contribution is 0.280. The van der Waals surface area contributed by atoms with Crippen LogP contribution in [-0.2, 0) is 13.5 Å². The summed E-state index contributed by atoms with van der Waals surface area (Å²) in [6.45, 7) is 3.40. The van der Waals surface area contributed by atoms with E-state index in [0.29, 0.717) is 0 Å². The second-order valence-electron chi connectivity index (χ2n) is 6.46. The maximum absolute atomic E-state index is 4.84. The lowest BCUT2D eigenvalue weighted by Crippen LogP contribution is -2.35. The topological polar surface area (TPSA) is 29.9 Å². The Bertz CT molecular complexity index is 587. The first-order valence-electron chi connectivity index (χ1n) is 8.41. The lowest BCUT2D eigenvalue weighted by atomic mass is 9.83. The van der Waals surface area contributed by atoms with Crippen LogP contribution < -0.4 is 5.32 Å². The summed E-state index contributed by atoms with van der Waals surface area (Å²) in [7, 11) is 2.15. The van der Waals surface area contributed by atoms with E-state index in [-0.39, 0.29) is 0 Å². The van der Waals surface area contributed by atoms with Gasteiger partial charge in [0.05, 0.1) is 11.0 Å². The minimum atomic E-state index is 0.721. The highest BCUT2D eigenvalue weighted by atomic mass is 15.1. The van der Waals surface area contributed by atoms with Gasteiger partial charge in [-0.2, -0.15) is 0 Å². The van der Waals surface area contributed by atoms with Crippen molar-refractivity contribution in [2.24, 2.45) is 13.0 Å². The van der Waals surface area contributed by atoms with Crippen LogP contribution in [0, 0.1) is 5.92 Å². The van der Waals surface area contributed by atoms with E-state index in [2.05, 4.69) is 48.1 Å². The third-order valence-corrected chi connectivity index (χ3v) is 4.82. The molecule has 3 nitrogen and oxygen atoms in total. The Balaban J connectivity index is 1.68. The Hall–Kier alpha value is -1.35. The summed E-state index contributed by atoms with van der Waals surface area (Å²) in [5.41, 5.74) is 2.38. The van der Waals surface area contributed by atoms with Gasteiger partial charge in [-0.15, -0.1) is 0 Å². The summed E-state index contributed by atoms with van der Waals surface area (Å²) in [6, 6.07) is 9.17. The molecule has 2 aromatic rings. The molecule has 2 atom stereocenters. The number of hydrogen-bond acceptors (Lipinski definition) is 2. The fourth-order valence-electron chi connectivity index (χ4n) is 3.65. The van der Waals surface area contributed by atoms with E-state index in [9.17, 15) is 0 Å². The van der Waals surface area contributed by atoms with E-state index < -0.39 is 0 Å². The van der Waals surface area contributed by atoms with Crippen LogP contribution in [0.4, 0.5) is 0 Å². The summed E-state index contributed by atoms with van der Waals surface area (Å²) in [4.78, 5) is 4.84. The van der Waals surface area contributed by atoms with Crippen LogP contribution in [0.1, 0.15) is 44.9 Å². The number of nitrogens with zero attached hydrogens (tertiary/aromatic N) is 2. The fraction of sp³-hybridized carbons (Fsp3) is 0.611. The van der Waals surface area contributed by atoms with Gasteiger partial charge in [-0.05, 0) is 50.3 Å². The van der Waals surface area contributed by atoms with Crippen molar-refractivity contribution in [3.8, 4) is 0 Å². The van der Waals surface area contributed by atoms with Crippen LogP contribution in [0.25, 0.3) is 11.0 Å². The van der Waals surface area contributed by atoms with E-state index in [0.717, 1.165) is 30.4 Å². The molecular formula is C18H27N3. The number of hydrogen-bond donors (Lipinski definition) is 1. The molecule has 114 valence electrons. The molecule has 0 spiro atoms. The molecule has 0 saturated heterocycles. The monoisotopic (exact) mass is 285 g/mol. The van der Waals surface area contributed by atoms with Gasteiger partial charge in [0, 0.05) is 19.5 Å². The first-order valence-corrected chi connectivity index (χ1v) is 8.41. The molecule has 1 N–H and O–H groups in total. The average Bonchev–Trinajstić information content (AvgIpc) is 2.82. The number of rotatable bonds is 5. The van der Waals surface area contributed by atoms with Crippen LogP contribution in [0.15, 0.2) is 24.3 Å². The quantitative estimate of drug-likeness (QED) is 0.908. The van der Waals surface area contributed by atoms with E-state index in [1.807, 2.05) is 0 Å². The van der Waals surface area contributed by atoms with E-state index in [1.165, 1.54) is 43.4 Å². The van der Waals surface area contributed by atoms with Gasteiger partial charge in [-0.1, -0.05) is 25.5 Å². The molecule has 2 unspecified atom stereocenters. The molecule has 1 aliphatic rings.